The maximum atomic E-state index is 12.6. The first kappa shape index (κ1) is 21.2. The van der Waals surface area contributed by atoms with Crippen molar-refractivity contribution in [2.24, 2.45) is 5.92 Å². The molecule has 28 heavy (non-hydrogen) atoms. The smallest absolute Gasteiger partial charge is 0.224 e. The monoisotopic (exact) mass is 416 g/mol. The lowest BCUT2D eigenvalue weighted by Gasteiger charge is -2.32. The zero-order valence-corrected chi connectivity index (χ0v) is 18.1. The minimum absolute atomic E-state index is 0.0919. The maximum absolute atomic E-state index is 12.6. The molecule has 0 radical (unpaired) electrons. The Balaban J connectivity index is 1.37. The fourth-order valence-corrected chi connectivity index (χ4v) is 4.80. The normalized spacial score (nSPS) is 17.4. The summed E-state index contributed by atoms with van der Waals surface area (Å²) in [6.45, 7) is 5.62. The number of amides is 1. The number of likely N-dealkylation sites (tertiary alicyclic amines) is 1. The summed E-state index contributed by atoms with van der Waals surface area (Å²) in [5, 5.41) is 3.91. The van der Waals surface area contributed by atoms with Crippen LogP contribution in [0.25, 0.3) is 0 Å². The van der Waals surface area contributed by atoms with Crippen LogP contribution in [0.4, 0.5) is 0 Å². The van der Waals surface area contributed by atoms with Crippen molar-refractivity contribution in [3.63, 3.8) is 0 Å². The fraction of sp³-hybridized carbons (Fsp3) is 0.435. The van der Waals surface area contributed by atoms with Gasteiger partial charge in [0, 0.05) is 36.2 Å². The second kappa shape index (κ2) is 10.9. The molecule has 2 aromatic rings. The SMILES string of the molecule is Cc1ccccc1CSCCNC(=O)C1CCCN(Cc2cccc(Cl)c2)C1. The summed E-state index contributed by atoms with van der Waals surface area (Å²) in [6.07, 6.45) is 2.05. The zero-order chi connectivity index (χ0) is 19.8. The predicted octanol–water partition coefficient (Wildman–Crippen LogP) is 4.91. The molecule has 1 aliphatic heterocycles. The number of hydrogen-bond donors (Lipinski definition) is 1. The van der Waals surface area contributed by atoms with Gasteiger partial charge in [-0.25, -0.2) is 0 Å². The van der Waals surface area contributed by atoms with Crippen molar-refractivity contribution in [3.8, 4) is 0 Å². The molecule has 1 heterocycles. The number of carbonyl (C=O) groups is 1. The molecule has 150 valence electrons. The molecule has 1 saturated heterocycles. The molecule has 1 unspecified atom stereocenters. The van der Waals surface area contributed by atoms with E-state index in [0.717, 1.165) is 55.5 Å². The Kier molecular flexibility index (Phi) is 8.26. The summed E-state index contributed by atoms with van der Waals surface area (Å²) in [4.78, 5) is 14.9. The highest BCUT2D eigenvalue weighted by molar-refractivity contribution is 7.98. The van der Waals surface area contributed by atoms with Crippen LogP contribution in [0, 0.1) is 12.8 Å². The second-order valence-electron chi connectivity index (χ2n) is 7.47. The summed E-state index contributed by atoms with van der Waals surface area (Å²) in [6, 6.07) is 16.5. The van der Waals surface area contributed by atoms with Gasteiger partial charge in [-0.2, -0.15) is 11.8 Å². The molecule has 1 amide bonds. The Bertz CT molecular complexity index is 783. The molecule has 1 atom stereocenters. The van der Waals surface area contributed by atoms with E-state index in [0.29, 0.717) is 0 Å². The highest BCUT2D eigenvalue weighted by Gasteiger charge is 2.25. The molecule has 0 bridgehead atoms. The average molecular weight is 417 g/mol. The number of hydrogen-bond acceptors (Lipinski definition) is 3. The summed E-state index contributed by atoms with van der Waals surface area (Å²) in [7, 11) is 0. The Hall–Kier alpha value is -1.49. The van der Waals surface area contributed by atoms with E-state index in [4.69, 9.17) is 11.6 Å². The highest BCUT2D eigenvalue weighted by Crippen LogP contribution is 2.20. The number of nitrogens with one attached hydrogen (secondary N) is 1. The number of nitrogens with zero attached hydrogens (tertiary/aromatic N) is 1. The number of carbonyl (C=O) groups excluding carboxylic acids is 1. The molecule has 3 rings (SSSR count). The van der Waals surface area contributed by atoms with Crippen LogP contribution in [0.3, 0.4) is 0 Å². The van der Waals surface area contributed by atoms with Crippen LogP contribution in [-0.2, 0) is 17.1 Å². The Morgan fingerprint density at radius 1 is 1.25 bits per heavy atom. The van der Waals surface area contributed by atoms with Gasteiger partial charge in [0.15, 0.2) is 0 Å². The van der Waals surface area contributed by atoms with E-state index in [1.807, 2.05) is 30.0 Å². The maximum Gasteiger partial charge on any atom is 0.224 e. The highest BCUT2D eigenvalue weighted by atomic mass is 35.5. The first-order valence-electron chi connectivity index (χ1n) is 9.98. The lowest BCUT2D eigenvalue weighted by Crippen LogP contribution is -2.43. The van der Waals surface area contributed by atoms with Crippen LogP contribution in [0.5, 0.6) is 0 Å². The number of aryl methyl sites for hydroxylation is 1. The molecule has 0 aromatic heterocycles. The molecule has 1 aliphatic rings. The molecule has 3 nitrogen and oxygen atoms in total. The lowest BCUT2D eigenvalue weighted by molar-refractivity contribution is -0.126. The van der Waals surface area contributed by atoms with Gasteiger partial charge in [0.25, 0.3) is 0 Å². The quantitative estimate of drug-likeness (QED) is 0.620. The molecular formula is C23H29ClN2OS. The second-order valence-corrected chi connectivity index (χ2v) is 9.02. The predicted molar refractivity (Wildman–Crippen MR) is 120 cm³/mol. The van der Waals surface area contributed by atoms with E-state index < -0.39 is 0 Å². The minimum Gasteiger partial charge on any atom is -0.355 e. The first-order chi connectivity index (χ1) is 13.6. The molecule has 1 N–H and O–H groups in total. The summed E-state index contributed by atoms with van der Waals surface area (Å²) in [5.41, 5.74) is 3.92. The molecular weight excluding hydrogens is 388 g/mol. The van der Waals surface area contributed by atoms with Crippen LogP contribution < -0.4 is 5.32 Å². The van der Waals surface area contributed by atoms with Gasteiger partial charge >= 0.3 is 0 Å². The average Bonchev–Trinajstić information content (AvgIpc) is 2.69. The number of thioether (sulfide) groups is 1. The minimum atomic E-state index is 0.0919. The van der Waals surface area contributed by atoms with E-state index >= 15 is 0 Å². The summed E-state index contributed by atoms with van der Waals surface area (Å²) >= 11 is 7.96. The van der Waals surface area contributed by atoms with E-state index in [1.54, 1.807) is 0 Å². The molecule has 2 aromatic carbocycles. The molecule has 1 fully saturated rings. The van der Waals surface area contributed by atoms with Crippen molar-refractivity contribution in [1.82, 2.24) is 10.2 Å². The van der Waals surface area contributed by atoms with Crippen LogP contribution in [-0.4, -0.2) is 36.2 Å². The van der Waals surface area contributed by atoms with E-state index in [9.17, 15) is 4.79 Å². The number of benzene rings is 2. The van der Waals surface area contributed by atoms with E-state index in [-0.39, 0.29) is 11.8 Å². The van der Waals surface area contributed by atoms with Crippen LogP contribution in [0.1, 0.15) is 29.5 Å². The van der Waals surface area contributed by atoms with Crippen LogP contribution >= 0.6 is 23.4 Å². The summed E-state index contributed by atoms with van der Waals surface area (Å²) < 4.78 is 0. The lowest BCUT2D eigenvalue weighted by atomic mass is 9.96. The molecule has 0 spiro atoms. The van der Waals surface area contributed by atoms with Crippen molar-refractivity contribution in [2.75, 3.05) is 25.4 Å². The van der Waals surface area contributed by atoms with E-state index in [1.165, 1.54) is 16.7 Å². The molecule has 0 saturated carbocycles. The third-order valence-electron chi connectivity index (χ3n) is 5.24. The van der Waals surface area contributed by atoms with Crippen molar-refractivity contribution in [3.05, 3.63) is 70.2 Å². The van der Waals surface area contributed by atoms with Gasteiger partial charge in [0.05, 0.1) is 5.92 Å². The Morgan fingerprint density at radius 2 is 2.11 bits per heavy atom. The third kappa shape index (κ3) is 6.54. The number of rotatable bonds is 8. The van der Waals surface area contributed by atoms with Gasteiger partial charge in [-0.15, -0.1) is 0 Å². The first-order valence-corrected chi connectivity index (χ1v) is 11.5. The molecule has 5 heteroatoms. The molecule has 0 aliphatic carbocycles. The third-order valence-corrected chi connectivity index (χ3v) is 6.48. The number of piperidine rings is 1. The van der Waals surface area contributed by atoms with Gasteiger partial charge in [-0.3, -0.25) is 9.69 Å². The standard InChI is InChI=1S/C23H29ClN2OS/c1-18-6-2-3-8-21(18)17-28-13-11-25-23(27)20-9-5-12-26(16-20)15-19-7-4-10-22(24)14-19/h2-4,6-8,10,14,20H,5,9,11-13,15-17H2,1H3,(H,25,27). The fourth-order valence-electron chi connectivity index (χ4n) is 3.65. The van der Waals surface area contributed by atoms with E-state index in [2.05, 4.69) is 47.5 Å². The van der Waals surface area contributed by atoms with Crippen molar-refractivity contribution in [2.45, 2.75) is 32.1 Å². The van der Waals surface area contributed by atoms with Crippen molar-refractivity contribution < 1.29 is 4.79 Å². The van der Waals surface area contributed by atoms with Gasteiger partial charge in [-0.05, 0) is 55.1 Å². The van der Waals surface area contributed by atoms with Crippen LogP contribution in [0.15, 0.2) is 48.5 Å². The van der Waals surface area contributed by atoms with Crippen LogP contribution in [0.2, 0.25) is 5.02 Å². The van der Waals surface area contributed by atoms with Gasteiger partial charge < -0.3 is 5.32 Å². The zero-order valence-electron chi connectivity index (χ0n) is 16.5. The van der Waals surface area contributed by atoms with Gasteiger partial charge in [0.2, 0.25) is 5.91 Å². The van der Waals surface area contributed by atoms with Crippen molar-refractivity contribution >= 4 is 29.3 Å². The summed E-state index contributed by atoms with van der Waals surface area (Å²) in [5.74, 6) is 2.24. The van der Waals surface area contributed by atoms with Gasteiger partial charge in [-0.1, -0.05) is 48.0 Å². The Labute approximate surface area is 177 Å². The number of halogens is 1. The Morgan fingerprint density at radius 3 is 2.93 bits per heavy atom. The van der Waals surface area contributed by atoms with Gasteiger partial charge in [0.1, 0.15) is 0 Å². The topological polar surface area (TPSA) is 32.3 Å². The van der Waals surface area contributed by atoms with Crippen molar-refractivity contribution in [1.29, 1.82) is 0 Å². The largest absolute Gasteiger partial charge is 0.355 e.